The fraction of sp³-hybridized carbons (Fsp3) is 0.222. The summed E-state index contributed by atoms with van der Waals surface area (Å²) in [7, 11) is 0. The molecule has 1 saturated heterocycles. The summed E-state index contributed by atoms with van der Waals surface area (Å²) in [6, 6.07) is 18.2. The van der Waals surface area contributed by atoms with Crippen LogP contribution in [0.2, 0.25) is 5.02 Å². The highest BCUT2D eigenvalue weighted by atomic mass is 79.9. The van der Waals surface area contributed by atoms with E-state index in [1.807, 2.05) is 48.5 Å². The molecule has 1 N–H and O–H groups in total. The van der Waals surface area contributed by atoms with Gasteiger partial charge in [0.05, 0.1) is 16.9 Å². The zero-order valence-corrected chi connectivity index (χ0v) is 22.7. The molecule has 1 fully saturated rings. The number of nitrogens with one attached hydrogen (secondary N) is 1. The number of likely N-dealkylation sites (tertiary alicyclic amines) is 1. The van der Waals surface area contributed by atoms with Gasteiger partial charge in [0.2, 0.25) is 17.7 Å². The SMILES string of the molecule is Cc1c(NC(=O)CN2C(=O)[C@@H]3[C@H](C2=O)C2(Cl)c4ccccc4C3(Cl)c3ccccc32)ccc(Br)c1Cl. The first-order chi connectivity index (χ1) is 17.1. The van der Waals surface area contributed by atoms with Crippen molar-refractivity contribution in [2.45, 2.75) is 16.7 Å². The maximum atomic E-state index is 13.8. The molecular weight excluding hydrogens is 587 g/mol. The van der Waals surface area contributed by atoms with E-state index in [-0.39, 0.29) is 0 Å². The molecule has 0 radical (unpaired) electrons. The van der Waals surface area contributed by atoms with E-state index < -0.39 is 45.9 Å². The van der Waals surface area contributed by atoms with Gasteiger partial charge in [-0.1, -0.05) is 60.1 Å². The highest BCUT2D eigenvalue weighted by molar-refractivity contribution is 9.10. The molecule has 0 saturated carbocycles. The summed E-state index contributed by atoms with van der Waals surface area (Å²) in [5.74, 6) is -3.41. The standard InChI is InChI=1S/C27H18BrCl3N2O3/c1-13-19(11-10-18(28)23(13)29)32-20(34)12-33-24(35)21-22(25(33)36)27(31)15-7-3-2-6-14(15)26(21,30)16-8-4-5-9-17(16)27/h2-11,21-22H,12H2,1H3,(H,32,34)/t21-,22+,26?,27?. The normalized spacial score (nSPS) is 27.5. The van der Waals surface area contributed by atoms with E-state index in [1.165, 1.54) is 0 Å². The Kier molecular flexibility index (Phi) is 5.37. The van der Waals surface area contributed by atoms with Crippen molar-refractivity contribution in [1.29, 1.82) is 0 Å². The zero-order valence-electron chi connectivity index (χ0n) is 18.8. The van der Waals surface area contributed by atoms with Gasteiger partial charge in [-0.15, -0.1) is 23.2 Å². The highest BCUT2D eigenvalue weighted by Gasteiger charge is 2.73. The molecule has 4 aliphatic rings. The van der Waals surface area contributed by atoms with Crippen molar-refractivity contribution in [1.82, 2.24) is 4.90 Å². The van der Waals surface area contributed by atoms with Crippen molar-refractivity contribution in [2.75, 3.05) is 11.9 Å². The van der Waals surface area contributed by atoms with Crippen molar-refractivity contribution in [3.8, 4) is 0 Å². The van der Waals surface area contributed by atoms with Gasteiger partial charge in [0.1, 0.15) is 16.3 Å². The van der Waals surface area contributed by atoms with Crippen LogP contribution < -0.4 is 5.32 Å². The van der Waals surface area contributed by atoms with Gasteiger partial charge in [0.15, 0.2) is 0 Å². The Balaban J connectivity index is 1.40. The van der Waals surface area contributed by atoms with Crippen LogP contribution in [0, 0.1) is 18.8 Å². The Morgan fingerprint density at radius 1 is 0.889 bits per heavy atom. The van der Waals surface area contributed by atoms with E-state index in [1.54, 1.807) is 19.1 Å². The Labute approximate surface area is 230 Å². The highest BCUT2D eigenvalue weighted by Crippen LogP contribution is 2.69. The van der Waals surface area contributed by atoms with Crippen molar-refractivity contribution in [3.05, 3.63) is 98.0 Å². The maximum absolute atomic E-state index is 13.8. The lowest BCUT2D eigenvalue weighted by Crippen LogP contribution is -2.57. The van der Waals surface area contributed by atoms with Crippen LogP contribution in [-0.2, 0) is 24.1 Å². The van der Waals surface area contributed by atoms with Gasteiger partial charge in [0, 0.05) is 10.2 Å². The Morgan fingerprint density at radius 3 is 1.78 bits per heavy atom. The number of carbonyl (C=O) groups excluding carboxylic acids is 3. The summed E-state index contributed by atoms with van der Waals surface area (Å²) in [5, 5.41) is 3.23. The molecule has 0 unspecified atom stereocenters. The summed E-state index contributed by atoms with van der Waals surface area (Å²) < 4.78 is 0.697. The lowest BCUT2D eigenvalue weighted by Gasteiger charge is -2.54. The molecule has 1 heterocycles. The molecule has 3 amide bonds. The minimum Gasteiger partial charge on any atom is -0.324 e. The van der Waals surface area contributed by atoms with Crippen LogP contribution in [0.15, 0.2) is 65.1 Å². The van der Waals surface area contributed by atoms with Crippen molar-refractivity contribution in [2.24, 2.45) is 11.8 Å². The van der Waals surface area contributed by atoms with E-state index in [0.717, 1.165) is 4.90 Å². The maximum Gasteiger partial charge on any atom is 0.244 e. The van der Waals surface area contributed by atoms with Crippen molar-refractivity contribution >= 4 is 74.1 Å². The van der Waals surface area contributed by atoms with E-state index in [0.29, 0.717) is 43.0 Å². The lowest BCUT2D eigenvalue weighted by atomic mass is 9.54. The first kappa shape index (κ1) is 24.0. The van der Waals surface area contributed by atoms with Crippen molar-refractivity contribution in [3.63, 3.8) is 0 Å². The molecule has 3 aromatic rings. The second kappa shape index (κ2) is 8.06. The number of hydrogen-bond acceptors (Lipinski definition) is 3. The lowest BCUT2D eigenvalue weighted by molar-refractivity contribution is -0.142. The first-order valence-corrected chi connectivity index (χ1v) is 13.2. The second-order valence-electron chi connectivity index (χ2n) is 9.31. The molecule has 5 nitrogen and oxygen atoms in total. The van der Waals surface area contributed by atoms with Crippen LogP contribution in [0.5, 0.6) is 0 Å². The minimum absolute atomic E-state index is 0.454. The summed E-state index contributed by atoms with van der Waals surface area (Å²) in [5.41, 5.74) is 4.02. The number of carbonyl (C=O) groups is 3. The fourth-order valence-corrected chi connectivity index (χ4v) is 7.69. The Bertz CT molecular complexity index is 1390. The summed E-state index contributed by atoms with van der Waals surface area (Å²) >= 11 is 24.4. The van der Waals surface area contributed by atoms with Gasteiger partial charge in [-0.3, -0.25) is 19.3 Å². The third-order valence-electron chi connectivity index (χ3n) is 7.59. The summed E-state index contributed by atoms with van der Waals surface area (Å²) in [6.07, 6.45) is 0. The van der Waals surface area contributed by atoms with Crippen LogP contribution in [0.3, 0.4) is 0 Å². The number of anilines is 1. The molecule has 182 valence electrons. The molecular formula is C27H18BrCl3N2O3. The van der Waals surface area contributed by atoms with Gasteiger partial charge >= 0.3 is 0 Å². The van der Waals surface area contributed by atoms with Crippen LogP contribution in [0.1, 0.15) is 27.8 Å². The van der Waals surface area contributed by atoms with Crippen LogP contribution in [0.4, 0.5) is 5.69 Å². The van der Waals surface area contributed by atoms with Crippen LogP contribution >= 0.6 is 50.7 Å². The molecule has 36 heavy (non-hydrogen) atoms. The number of amides is 3. The largest absolute Gasteiger partial charge is 0.324 e. The first-order valence-electron chi connectivity index (χ1n) is 11.3. The number of halogens is 4. The number of alkyl halides is 2. The third kappa shape index (κ3) is 2.93. The summed E-state index contributed by atoms with van der Waals surface area (Å²) in [4.78, 5) is 39.1. The molecule has 2 atom stereocenters. The molecule has 7 rings (SSSR count). The number of nitrogens with zero attached hydrogens (tertiary/aromatic N) is 1. The predicted molar refractivity (Wildman–Crippen MR) is 142 cm³/mol. The predicted octanol–water partition coefficient (Wildman–Crippen LogP) is 5.94. The zero-order chi connectivity index (χ0) is 25.6. The second-order valence-corrected chi connectivity index (χ2v) is 11.7. The fourth-order valence-electron chi connectivity index (χ4n) is 6.00. The third-order valence-corrected chi connectivity index (χ3v) is 10.3. The van der Waals surface area contributed by atoms with Gasteiger partial charge in [-0.05, 0) is 62.8 Å². The van der Waals surface area contributed by atoms with Crippen LogP contribution in [0.25, 0.3) is 0 Å². The van der Waals surface area contributed by atoms with Gasteiger partial charge in [-0.2, -0.15) is 0 Å². The minimum atomic E-state index is -1.28. The smallest absolute Gasteiger partial charge is 0.244 e. The van der Waals surface area contributed by atoms with E-state index in [4.69, 9.17) is 34.8 Å². The topological polar surface area (TPSA) is 66.5 Å². The molecule has 9 heteroatoms. The van der Waals surface area contributed by atoms with E-state index >= 15 is 0 Å². The van der Waals surface area contributed by atoms with E-state index in [9.17, 15) is 14.4 Å². The van der Waals surface area contributed by atoms with Crippen molar-refractivity contribution < 1.29 is 14.4 Å². The van der Waals surface area contributed by atoms with Crippen LogP contribution in [-0.4, -0.2) is 29.2 Å². The number of rotatable bonds is 3. The molecule has 0 spiro atoms. The van der Waals surface area contributed by atoms with E-state index in [2.05, 4.69) is 21.2 Å². The Hall–Kier alpha value is -2.38. The molecule has 3 aromatic carbocycles. The van der Waals surface area contributed by atoms with Gasteiger partial charge < -0.3 is 5.32 Å². The summed E-state index contributed by atoms with van der Waals surface area (Å²) in [6.45, 7) is 1.31. The number of imide groups is 1. The quantitative estimate of drug-likeness (QED) is 0.297. The molecule has 3 aliphatic carbocycles. The van der Waals surface area contributed by atoms with Gasteiger partial charge in [0.25, 0.3) is 0 Å². The molecule has 2 bridgehead atoms. The average molecular weight is 605 g/mol. The van der Waals surface area contributed by atoms with Gasteiger partial charge in [-0.25, -0.2) is 0 Å². The molecule has 1 aliphatic heterocycles. The average Bonchev–Trinajstić information content (AvgIpc) is 3.13. The monoisotopic (exact) mass is 602 g/mol. The number of hydrogen-bond donors (Lipinski definition) is 1. The molecule has 0 aromatic heterocycles. The Morgan fingerprint density at radius 2 is 1.33 bits per heavy atom. The number of benzene rings is 3.